The van der Waals surface area contributed by atoms with Crippen LogP contribution in [0.15, 0.2) is 65.8 Å². The third kappa shape index (κ3) is 6.61. The number of rotatable bonds is 7. The van der Waals surface area contributed by atoms with Gasteiger partial charge >= 0.3 is 11.8 Å². The molecule has 2 amide bonds. The van der Waals surface area contributed by atoms with Gasteiger partial charge in [-0.1, -0.05) is 65.1 Å². The summed E-state index contributed by atoms with van der Waals surface area (Å²) in [4.78, 5) is 24.0. The Kier molecular flexibility index (Phi) is 8.54. The number of para-hydroxylation sites is 1. The van der Waals surface area contributed by atoms with Crippen molar-refractivity contribution in [3.05, 3.63) is 86.9 Å². The van der Waals surface area contributed by atoms with Gasteiger partial charge in [-0.3, -0.25) is 9.59 Å². The zero-order valence-corrected chi connectivity index (χ0v) is 19.5. The molecule has 0 unspecified atom stereocenters. The molecule has 0 fully saturated rings. The lowest BCUT2D eigenvalue weighted by molar-refractivity contribution is -0.136. The molecule has 0 aliphatic rings. The quantitative estimate of drug-likeness (QED) is 0.258. The van der Waals surface area contributed by atoms with E-state index in [-0.39, 0.29) is 11.6 Å². The molecule has 0 aliphatic carbocycles. The van der Waals surface area contributed by atoms with Gasteiger partial charge in [-0.25, -0.2) is 5.43 Å². The summed E-state index contributed by atoms with van der Waals surface area (Å²) < 4.78 is 11.2. The summed E-state index contributed by atoms with van der Waals surface area (Å²) in [7, 11) is 1.47. The molecule has 3 aromatic carbocycles. The number of hydrogen-bond acceptors (Lipinski definition) is 5. The van der Waals surface area contributed by atoms with Gasteiger partial charge in [0.2, 0.25) is 0 Å². The highest BCUT2D eigenvalue weighted by Gasteiger charge is 2.15. The van der Waals surface area contributed by atoms with Crippen molar-refractivity contribution in [2.75, 3.05) is 12.4 Å². The molecule has 3 aromatic rings. The van der Waals surface area contributed by atoms with E-state index in [9.17, 15) is 9.59 Å². The van der Waals surface area contributed by atoms with Crippen LogP contribution >= 0.6 is 34.8 Å². The van der Waals surface area contributed by atoms with E-state index >= 15 is 0 Å². The highest BCUT2D eigenvalue weighted by atomic mass is 35.5. The van der Waals surface area contributed by atoms with E-state index in [1.54, 1.807) is 42.5 Å². The molecule has 0 saturated carbocycles. The van der Waals surface area contributed by atoms with Crippen molar-refractivity contribution < 1.29 is 19.1 Å². The topological polar surface area (TPSA) is 89.0 Å². The molecule has 170 valence electrons. The highest BCUT2D eigenvalue weighted by molar-refractivity contribution is 6.41. The van der Waals surface area contributed by atoms with E-state index in [0.717, 1.165) is 5.56 Å². The molecule has 2 N–H and O–H groups in total. The van der Waals surface area contributed by atoms with Crippen LogP contribution in [0.3, 0.4) is 0 Å². The van der Waals surface area contributed by atoms with Crippen molar-refractivity contribution >= 4 is 58.5 Å². The van der Waals surface area contributed by atoms with E-state index in [4.69, 9.17) is 44.3 Å². The SMILES string of the molecule is COc1cc(/C=N\NC(=O)C(=O)Nc2ccccc2Cl)cc(Cl)c1OCc1ccccc1Cl. The molecule has 0 aromatic heterocycles. The van der Waals surface area contributed by atoms with Gasteiger partial charge < -0.3 is 14.8 Å². The van der Waals surface area contributed by atoms with Gasteiger partial charge in [0, 0.05) is 10.6 Å². The molecule has 0 heterocycles. The first-order valence-corrected chi connectivity index (χ1v) is 10.6. The fourth-order valence-corrected chi connectivity index (χ4v) is 3.32. The summed E-state index contributed by atoms with van der Waals surface area (Å²) in [5.74, 6) is -1.19. The number of methoxy groups -OCH3 is 1. The van der Waals surface area contributed by atoms with Gasteiger partial charge in [0.05, 0.1) is 29.1 Å². The lowest BCUT2D eigenvalue weighted by Gasteiger charge is -2.14. The van der Waals surface area contributed by atoms with Gasteiger partial charge in [0.1, 0.15) is 6.61 Å². The maximum Gasteiger partial charge on any atom is 0.329 e. The smallest absolute Gasteiger partial charge is 0.329 e. The molecule has 33 heavy (non-hydrogen) atoms. The number of halogens is 3. The number of ether oxygens (including phenoxy) is 2. The van der Waals surface area contributed by atoms with E-state index in [0.29, 0.717) is 32.8 Å². The first-order valence-electron chi connectivity index (χ1n) is 9.51. The monoisotopic (exact) mass is 505 g/mol. The maximum atomic E-state index is 12.0. The molecule has 0 atom stereocenters. The first kappa shape index (κ1) is 24.4. The summed E-state index contributed by atoms with van der Waals surface area (Å²) >= 11 is 18.5. The molecule has 10 heteroatoms. The van der Waals surface area contributed by atoms with Crippen LogP contribution in [0.1, 0.15) is 11.1 Å². The number of carbonyl (C=O) groups is 2. The fourth-order valence-electron chi connectivity index (χ4n) is 2.68. The van der Waals surface area contributed by atoms with Gasteiger partial charge in [-0.2, -0.15) is 5.10 Å². The van der Waals surface area contributed by atoms with E-state index in [1.165, 1.54) is 13.3 Å². The molecule has 3 rings (SSSR count). The number of hydrogen-bond donors (Lipinski definition) is 2. The van der Waals surface area contributed by atoms with Crippen molar-refractivity contribution in [1.82, 2.24) is 5.43 Å². The van der Waals surface area contributed by atoms with Crippen LogP contribution in [0.25, 0.3) is 0 Å². The highest BCUT2D eigenvalue weighted by Crippen LogP contribution is 2.37. The van der Waals surface area contributed by atoms with E-state index in [1.807, 2.05) is 18.2 Å². The fraction of sp³-hybridized carbons (Fsp3) is 0.0870. The first-order chi connectivity index (χ1) is 15.9. The normalized spacial score (nSPS) is 10.7. The Bertz CT molecular complexity index is 1200. The molecule has 0 spiro atoms. The van der Waals surface area contributed by atoms with Crippen LogP contribution in [0.5, 0.6) is 11.5 Å². The van der Waals surface area contributed by atoms with Crippen molar-refractivity contribution in [3.8, 4) is 11.5 Å². The van der Waals surface area contributed by atoms with Gasteiger partial charge in [-0.05, 0) is 35.9 Å². The number of nitrogens with one attached hydrogen (secondary N) is 2. The zero-order valence-electron chi connectivity index (χ0n) is 17.3. The minimum absolute atomic E-state index is 0.194. The number of hydrazone groups is 1. The number of nitrogens with zero attached hydrogens (tertiary/aromatic N) is 1. The summed E-state index contributed by atoms with van der Waals surface area (Å²) in [6.45, 7) is 0.194. The number of anilines is 1. The predicted molar refractivity (Wildman–Crippen MR) is 130 cm³/mol. The second-order valence-corrected chi connectivity index (χ2v) is 7.77. The van der Waals surface area contributed by atoms with Crippen LogP contribution in [0.2, 0.25) is 15.1 Å². The van der Waals surface area contributed by atoms with Gasteiger partial charge in [0.15, 0.2) is 11.5 Å². The van der Waals surface area contributed by atoms with Crippen molar-refractivity contribution in [2.24, 2.45) is 5.10 Å². The van der Waals surface area contributed by atoms with Crippen molar-refractivity contribution in [1.29, 1.82) is 0 Å². The summed E-state index contributed by atoms with van der Waals surface area (Å²) in [6, 6.07) is 17.0. The Balaban J connectivity index is 1.64. The number of amides is 2. The van der Waals surface area contributed by atoms with Crippen LogP contribution in [-0.4, -0.2) is 25.1 Å². The molecular weight excluding hydrogens is 489 g/mol. The molecule has 7 nitrogen and oxygen atoms in total. The van der Waals surface area contributed by atoms with Crippen LogP contribution in [-0.2, 0) is 16.2 Å². The number of carbonyl (C=O) groups excluding carboxylic acids is 2. The van der Waals surface area contributed by atoms with Crippen LogP contribution in [0, 0.1) is 0 Å². The van der Waals surface area contributed by atoms with Gasteiger partial charge in [-0.15, -0.1) is 0 Å². The summed E-state index contributed by atoms with van der Waals surface area (Å²) in [6.07, 6.45) is 1.31. The van der Waals surface area contributed by atoms with Crippen molar-refractivity contribution in [3.63, 3.8) is 0 Å². The lowest BCUT2D eigenvalue weighted by Crippen LogP contribution is -2.32. The third-order valence-electron chi connectivity index (χ3n) is 4.29. The molecule has 0 saturated heterocycles. The number of benzene rings is 3. The summed E-state index contributed by atoms with van der Waals surface area (Å²) in [5, 5.41) is 7.34. The van der Waals surface area contributed by atoms with Gasteiger partial charge in [0.25, 0.3) is 0 Å². The second-order valence-electron chi connectivity index (χ2n) is 6.55. The molecule has 0 aliphatic heterocycles. The Morgan fingerprint density at radius 1 is 0.939 bits per heavy atom. The largest absolute Gasteiger partial charge is 0.493 e. The van der Waals surface area contributed by atoms with Crippen LogP contribution in [0.4, 0.5) is 5.69 Å². The molecule has 0 bridgehead atoms. The Labute approximate surface area is 205 Å². The Hall–Kier alpha value is -3.26. The Morgan fingerprint density at radius 2 is 1.64 bits per heavy atom. The lowest BCUT2D eigenvalue weighted by atomic mass is 10.2. The third-order valence-corrected chi connectivity index (χ3v) is 5.27. The molecular formula is C23H18Cl3N3O4. The average molecular weight is 507 g/mol. The zero-order chi connectivity index (χ0) is 23.8. The predicted octanol–water partition coefficient (Wildman–Crippen LogP) is 5.32. The van der Waals surface area contributed by atoms with Crippen LogP contribution < -0.4 is 20.2 Å². The van der Waals surface area contributed by atoms with Crippen molar-refractivity contribution in [2.45, 2.75) is 6.61 Å². The average Bonchev–Trinajstić information content (AvgIpc) is 2.80. The Morgan fingerprint density at radius 3 is 2.33 bits per heavy atom. The second kappa shape index (κ2) is 11.6. The summed E-state index contributed by atoms with van der Waals surface area (Å²) in [5.41, 5.74) is 3.75. The maximum absolute atomic E-state index is 12.0. The van der Waals surface area contributed by atoms with E-state index < -0.39 is 11.8 Å². The standard InChI is InChI=1S/C23H18Cl3N3O4/c1-32-20-11-14(10-18(26)21(20)33-13-15-6-2-3-7-16(15)24)12-27-29-23(31)22(30)28-19-9-5-4-8-17(19)25/h2-12H,13H2,1H3,(H,28,30)(H,29,31)/b27-12-. The molecule has 0 radical (unpaired) electrons. The van der Waals surface area contributed by atoms with E-state index in [2.05, 4.69) is 15.8 Å². The minimum atomic E-state index is -0.969. The minimum Gasteiger partial charge on any atom is -0.493 e.